The monoisotopic (exact) mass is 265 g/mol. The van der Waals surface area contributed by atoms with Crippen molar-refractivity contribution in [2.75, 3.05) is 7.05 Å². The van der Waals surface area contributed by atoms with Gasteiger partial charge in [0.1, 0.15) is 11.3 Å². The van der Waals surface area contributed by atoms with Gasteiger partial charge in [-0.3, -0.25) is 0 Å². The molecular weight excluding hydrogens is 246 g/mol. The molecule has 2 nitrogen and oxygen atoms in total. The molecule has 102 valence electrons. The van der Waals surface area contributed by atoms with Crippen LogP contribution in [0.3, 0.4) is 0 Å². The number of fused-ring (bicyclic) bond motifs is 1. The van der Waals surface area contributed by atoms with Crippen molar-refractivity contribution < 1.29 is 4.42 Å². The molecule has 3 rings (SSSR count). The fourth-order valence-electron chi connectivity index (χ4n) is 2.41. The molecule has 2 aromatic carbocycles. The highest BCUT2D eigenvalue weighted by atomic mass is 16.3. The van der Waals surface area contributed by atoms with Gasteiger partial charge < -0.3 is 9.73 Å². The second-order valence-corrected chi connectivity index (χ2v) is 5.28. The molecule has 0 aliphatic heterocycles. The van der Waals surface area contributed by atoms with Crippen LogP contribution in [-0.4, -0.2) is 7.05 Å². The van der Waals surface area contributed by atoms with Gasteiger partial charge in [0.25, 0.3) is 0 Å². The zero-order valence-electron chi connectivity index (χ0n) is 12.1. The number of hydrogen-bond donors (Lipinski definition) is 1. The van der Waals surface area contributed by atoms with Crippen LogP contribution in [-0.2, 0) is 0 Å². The molecule has 0 aliphatic rings. The van der Waals surface area contributed by atoms with Crippen molar-refractivity contribution in [1.82, 2.24) is 5.32 Å². The molecule has 1 unspecified atom stereocenters. The molecule has 0 amide bonds. The van der Waals surface area contributed by atoms with Crippen LogP contribution in [0.1, 0.15) is 24.1 Å². The van der Waals surface area contributed by atoms with Crippen LogP contribution in [0, 0.1) is 6.92 Å². The van der Waals surface area contributed by atoms with Crippen molar-refractivity contribution >= 4 is 11.0 Å². The Morgan fingerprint density at radius 2 is 1.75 bits per heavy atom. The van der Waals surface area contributed by atoms with Gasteiger partial charge in [0.2, 0.25) is 0 Å². The van der Waals surface area contributed by atoms with E-state index in [9.17, 15) is 0 Å². The Bertz CT molecular complexity index is 725. The summed E-state index contributed by atoms with van der Waals surface area (Å²) < 4.78 is 5.92. The van der Waals surface area contributed by atoms with Gasteiger partial charge in [-0.25, -0.2) is 0 Å². The average Bonchev–Trinajstić information content (AvgIpc) is 2.89. The lowest BCUT2D eigenvalue weighted by Gasteiger charge is -2.10. The van der Waals surface area contributed by atoms with E-state index in [0.29, 0.717) is 6.04 Å². The lowest BCUT2D eigenvalue weighted by molar-refractivity contribution is 0.630. The lowest BCUT2D eigenvalue weighted by atomic mass is 10.0. The molecule has 0 fully saturated rings. The molecule has 0 bridgehead atoms. The number of nitrogens with one attached hydrogen (secondary N) is 1. The largest absolute Gasteiger partial charge is 0.456 e. The Kier molecular flexibility index (Phi) is 3.33. The van der Waals surface area contributed by atoms with Crippen molar-refractivity contribution in [1.29, 1.82) is 0 Å². The van der Waals surface area contributed by atoms with E-state index in [4.69, 9.17) is 4.42 Å². The zero-order valence-corrected chi connectivity index (χ0v) is 12.1. The van der Waals surface area contributed by atoms with Gasteiger partial charge in [-0.05, 0) is 44.7 Å². The molecule has 0 aliphatic carbocycles. The summed E-state index contributed by atoms with van der Waals surface area (Å²) in [5.41, 5.74) is 4.59. The second kappa shape index (κ2) is 5.14. The van der Waals surface area contributed by atoms with Crippen LogP contribution in [0.25, 0.3) is 22.3 Å². The van der Waals surface area contributed by atoms with E-state index in [1.807, 2.05) is 13.1 Å². The molecule has 2 heteroatoms. The molecule has 1 atom stereocenters. The maximum atomic E-state index is 5.92. The van der Waals surface area contributed by atoms with E-state index in [1.54, 1.807) is 0 Å². The number of hydrogen-bond acceptors (Lipinski definition) is 2. The van der Waals surface area contributed by atoms with Crippen molar-refractivity contribution in [3.8, 4) is 11.3 Å². The fourth-order valence-corrected chi connectivity index (χ4v) is 2.41. The summed E-state index contributed by atoms with van der Waals surface area (Å²) in [7, 11) is 1.97. The highest BCUT2D eigenvalue weighted by Gasteiger charge is 2.07. The van der Waals surface area contributed by atoms with Crippen molar-refractivity contribution in [2.45, 2.75) is 19.9 Å². The second-order valence-electron chi connectivity index (χ2n) is 5.28. The summed E-state index contributed by atoms with van der Waals surface area (Å²) >= 11 is 0. The third-order valence-electron chi connectivity index (χ3n) is 3.80. The zero-order chi connectivity index (χ0) is 14.1. The van der Waals surface area contributed by atoms with Crippen LogP contribution < -0.4 is 5.32 Å². The molecule has 1 N–H and O–H groups in total. The van der Waals surface area contributed by atoms with Gasteiger partial charge in [0.05, 0.1) is 0 Å². The van der Waals surface area contributed by atoms with Gasteiger partial charge in [-0.2, -0.15) is 0 Å². The van der Waals surface area contributed by atoms with E-state index < -0.39 is 0 Å². The minimum atomic E-state index is 0.363. The predicted octanol–water partition coefficient (Wildman–Crippen LogP) is 4.69. The third kappa shape index (κ3) is 2.35. The van der Waals surface area contributed by atoms with Crippen LogP contribution in [0.4, 0.5) is 0 Å². The number of rotatable bonds is 3. The Morgan fingerprint density at radius 1 is 1.00 bits per heavy atom. The molecule has 0 saturated heterocycles. The maximum absolute atomic E-state index is 5.92. The summed E-state index contributed by atoms with van der Waals surface area (Å²) in [4.78, 5) is 0. The molecule has 20 heavy (non-hydrogen) atoms. The van der Waals surface area contributed by atoms with Crippen LogP contribution >= 0.6 is 0 Å². The average molecular weight is 265 g/mol. The normalized spacial score (nSPS) is 12.8. The van der Waals surface area contributed by atoms with Crippen LogP contribution in [0.5, 0.6) is 0 Å². The van der Waals surface area contributed by atoms with E-state index in [1.165, 1.54) is 11.1 Å². The summed E-state index contributed by atoms with van der Waals surface area (Å²) in [6, 6.07) is 17.3. The molecule has 0 radical (unpaired) electrons. The van der Waals surface area contributed by atoms with E-state index in [-0.39, 0.29) is 0 Å². The third-order valence-corrected chi connectivity index (χ3v) is 3.80. The van der Waals surface area contributed by atoms with Gasteiger partial charge >= 0.3 is 0 Å². The SMILES string of the molecule is CNC(C)c1ccc(-c2cc3cc(C)ccc3o2)cc1. The van der Waals surface area contributed by atoms with Gasteiger partial charge in [0, 0.05) is 17.0 Å². The quantitative estimate of drug-likeness (QED) is 0.743. The summed E-state index contributed by atoms with van der Waals surface area (Å²) in [6.07, 6.45) is 0. The molecule has 1 heterocycles. The summed E-state index contributed by atoms with van der Waals surface area (Å²) in [6.45, 7) is 4.25. The lowest BCUT2D eigenvalue weighted by Crippen LogP contribution is -2.11. The van der Waals surface area contributed by atoms with Crippen LogP contribution in [0.2, 0.25) is 0 Å². The van der Waals surface area contributed by atoms with Gasteiger partial charge in [-0.1, -0.05) is 35.9 Å². The topological polar surface area (TPSA) is 25.2 Å². The predicted molar refractivity (Wildman–Crippen MR) is 83.9 cm³/mol. The van der Waals surface area contributed by atoms with Crippen molar-refractivity contribution in [3.05, 3.63) is 59.7 Å². The van der Waals surface area contributed by atoms with Crippen molar-refractivity contribution in [2.24, 2.45) is 0 Å². The Morgan fingerprint density at radius 3 is 2.45 bits per heavy atom. The number of aryl methyl sites for hydroxylation is 1. The first kappa shape index (κ1) is 12.9. The smallest absolute Gasteiger partial charge is 0.135 e. The molecule has 0 spiro atoms. The fraction of sp³-hybridized carbons (Fsp3) is 0.222. The van der Waals surface area contributed by atoms with Crippen LogP contribution in [0.15, 0.2) is 52.9 Å². The standard InChI is InChI=1S/C18H19NO/c1-12-4-9-17-16(10-12)11-18(20-17)15-7-5-14(6-8-15)13(2)19-3/h4-11,13,19H,1-3H3. The van der Waals surface area contributed by atoms with E-state index >= 15 is 0 Å². The first-order valence-electron chi connectivity index (χ1n) is 6.95. The first-order valence-corrected chi connectivity index (χ1v) is 6.95. The molecule has 0 saturated carbocycles. The minimum absolute atomic E-state index is 0.363. The molecular formula is C18H19NO. The Hall–Kier alpha value is -2.06. The highest BCUT2D eigenvalue weighted by Crippen LogP contribution is 2.29. The number of furan rings is 1. The molecule has 3 aromatic rings. The molecule has 1 aromatic heterocycles. The van der Waals surface area contributed by atoms with E-state index in [2.05, 4.69) is 61.6 Å². The summed E-state index contributed by atoms with van der Waals surface area (Å²) in [5.74, 6) is 0.925. The highest BCUT2D eigenvalue weighted by molar-refractivity contribution is 5.83. The maximum Gasteiger partial charge on any atom is 0.135 e. The van der Waals surface area contributed by atoms with Gasteiger partial charge in [-0.15, -0.1) is 0 Å². The summed E-state index contributed by atoms with van der Waals surface area (Å²) in [5, 5.41) is 4.40. The first-order chi connectivity index (χ1) is 9.67. The minimum Gasteiger partial charge on any atom is -0.456 e. The van der Waals surface area contributed by atoms with E-state index in [0.717, 1.165) is 22.3 Å². The number of benzene rings is 2. The Balaban J connectivity index is 1.98. The van der Waals surface area contributed by atoms with Gasteiger partial charge in [0.15, 0.2) is 0 Å². The van der Waals surface area contributed by atoms with Crippen molar-refractivity contribution in [3.63, 3.8) is 0 Å². The Labute approximate surface area is 119 Å².